The van der Waals surface area contributed by atoms with Crippen molar-refractivity contribution >= 4 is 11.9 Å². The van der Waals surface area contributed by atoms with Gasteiger partial charge in [0.05, 0.1) is 6.04 Å². The molecule has 1 amide bonds. The molecular formula is C14H17F2NO3. The molecule has 0 aromatic heterocycles. The van der Waals surface area contributed by atoms with Crippen LogP contribution in [0.25, 0.3) is 0 Å². The molecule has 0 aliphatic rings. The van der Waals surface area contributed by atoms with Crippen molar-refractivity contribution in [1.29, 1.82) is 0 Å². The van der Waals surface area contributed by atoms with Crippen LogP contribution in [-0.2, 0) is 9.59 Å². The number of nitrogens with one attached hydrogen (secondary N) is 1. The van der Waals surface area contributed by atoms with Crippen LogP contribution in [0.4, 0.5) is 8.78 Å². The van der Waals surface area contributed by atoms with Crippen molar-refractivity contribution < 1.29 is 23.5 Å². The van der Waals surface area contributed by atoms with Crippen LogP contribution in [0, 0.1) is 17.6 Å². The van der Waals surface area contributed by atoms with Gasteiger partial charge in [-0.05, 0) is 30.5 Å². The van der Waals surface area contributed by atoms with Gasteiger partial charge in [0.2, 0.25) is 5.91 Å². The molecule has 2 unspecified atom stereocenters. The van der Waals surface area contributed by atoms with Crippen LogP contribution in [-0.4, -0.2) is 17.0 Å². The van der Waals surface area contributed by atoms with E-state index >= 15 is 0 Å². The van der Waals surface area contributed by atoms with Crippen LogP contribution in [0.5, 0.6) is 0 Å². The molecule has 0 bridgehead atoms. The fourth-order valence-corrected chi connectivity index (χ4v) is 1.85. The summed E-state index contributed by atoms with van der Waals surface area (Å²) in [5, 5.41) is 11.2. The lowest BCUT2D eigenvalue weighted by Gasteiger charge is -2.16. The number of carbonyl (C=O) groups is 2. The fourth-order valence-electron chi connectivity index (χ4n) is 1.85. The smallest absolute Gasteiger partial charge is 0.303 e. The van der Waals surface area contributed by atoms with E-state index in [4.69, 9.17) is 5.11 Å². The molecule has 0 heterocycles. The number of carboxylic acid groups (broad SMARTS) is 1. The Balaban J connectivity index is 2.56. The Morgan fingerprint density at radius 1 is 1.20 bits per heavy atom. The lowest BCUT2D eigenvalue weighted by Crippen LogP contribution is -2.28. The first kappa shape index (κ1) is 16.1. The largest absolute Gasteiger partial charge is 0.481 e. The van der Waals surface area contributed by atoms with Crippen molar-refractivity contribution in [1.82, 2.24) is 5.32 Å². The van der Waals surface area contributed by atoms with E-state index < -0.39 is 23.6 Å². The molecule has 6 heteroatoms. The average Bonchev–Trinajstić information content (AvgIpc) is 2.30. The van der Waals surface area contributed by atoms with Crippen LogP contribution < -0.4 is 5.32 Å². The van der Waals surface area contributed by atoms with Crippen LogP contribution in [0.2, 0.25) is 0 Å². The van der Waals surface area contributed by atoms with Gasteiger partial charge in [0.25, 0.3) is 0 Å². The molecule has 1 aromatic rings. The minimum absolute atomic E-state index is 0.0698. The molecule has 2 atom stereocenters. The Bertz CT molecular complexity index is 505. The maximum absolute atomic E-state index is 13.1. The Kier molecular flexibility index (Phi) is 5.61. The summed E-state index contributed by atoms with van der Waals surface area (Å²) in [7, 11) is 0. The lowest BCUT2D eigenvalue weighted by molar-refractivity contribution is -0.138. The third-order valence-electron chi connectivity index (χ3n) is 2.88. The minimum atomic E-state index is -0.970. The maximum atomic E-state index is 13.1. The number of amides is 1. The molecule has 0 saturated heterocycles. The maximum Gasteiger partial charge on any atom is 0.303 e. The van der Waals surface area contributed by atoms with E-state index in [0.29, 0.717) is 5.56 Å². The molecule has 4 nitrogen and oxygen atoms in total. The number of hydrogen-bond acceptors (Lipinski definition) is 2. The van der Waals surface area contributed by atoms with E-state index in [0.717, 1.165) is 12.1 Å². The van der Waals surface area contributed by atoms with E-state index in [-0.39, 0.29) is 24.7 Å². The summed E-state index contributed by atoms with van der Waals surface area (Å²) in [4.78, 5) is 22.2. The van der Waals surface area contributed by atoms with Crippen molar-refractivity contribution in [2.45, 2.75) is 32.7 Å². The molecule has 110 valence electrons. The highest BCUT2D eigenvalue weighted by molar-refractivity contribution is 5.77. The Morgan fingerprint density at radius 2 is 1.85 bits per heavy atom. The van der Waals surface area contributed by atoms with Crippen molar-refractivity contribution in [3.05, 3.63) is 35.4 Å². The molecule has 1 aromatic carbocycles. The van der Waals surface area contributed by atoms with E-state index in [2.05, 4.69) is 5.32 Å². The number of rotatable bonds is 6. The molecule has 20 heavy (non-hydrogen) atoms. The summed E-state index contributed by atoms with van der Waals surface area (Å²) >= 11 is 0. The molecule has 0 fully saturated rings. The van der Waals surface area contributed by atoms with Gasteiger partial charge in [-0.2, -0.15) is 0 Å². The monoisotopic (exact) mass is 285 g/mol. The first-order valence-electron chi connectivity index (χ1n) is 6.25. The van der Waals surface area contributed by atoms with Gasteiger partial charge in [-0.25, -0.2) is 8.78 Å². The summed E-state index contributed by atoms with van der Waals surface area (Å²) in [6, 6.07) is 2.94. The molecule has 0 aliphatic carbocycles. The van der Waals surface area contributed by atoms with Crippen molar-refractivity contribution in [2.24, 2.45) is 5.92 Å². The third kappa shape index (κ3) is 4.95. The molecule has 2 N–H and O–H groups in total. The zero-order chi connectivity index (χ0) is 15.3. The summed E-state index contributed by atoms with van der Waals surface area (Å²) in [6.07, 6.45) is -0.0205. The number of benzene rings is 1. The number of halogens is 2. The highest BCUT2D eigenvalue weighted by Gasteiger charge is 2.16. The summed E-state index contributed by atoms with van der Waals surface area (Å²) in [6.45, 7) is 3.31. The molecule has 0 spiro atoms. The van der Waals surface area contributed by atoms with E-state index in [1.54, 1.807) is 13.8 Å². The molecule has 1 rings (SSSR count). The van der Waals surface area contributed by atoms with E-state index in [1.165, 1.54) is 6.07 Å². The fraction of sp³-hybridized carbons (Fsp3) is 0.429. The van der Waals surface area contributed by atoms with E-state index in [1.807, 2.05) is 0 Å². The van der Waals surface area contributed by atoms with Gasteiger partial charge in [0, 0.05) is 12.8 Å². The first-order valence-corrected chi connectivity index (χ1v) is 6.25. The predicted molar refractivity (Wildman–Crippen MR) is 68.9 cm³/mol. The quantitative estimate of drug-likeness (QED) is 0.844. The lowest BCUT2D eigenvalue weighted by atomic mass is 10.0. The summed E-state index contributed by atoms with van der Waals surface area (Å²) in [5.74, 6) is -3.48. The zero-order valence-corrected chi connectivity index (χ0v) is 11.3. The molecular weight excluding hydrogens is 268 g/mol. The zero-order valence-electron chi connectivity index (χ0n) is 11.3. The molecule has 0 saturated carbocycles. The summed E-state index contributed by atoms with van der Waals surface area (Å²) in [5.41, 5.74) is 0.447. The normalized spacial score (nSPS) is 13.6. The van der Waals surface area contributed by atoms with Gasteiger partial charge < -0.3 is 10.4 Å². The van der Waals surface area contributed by atoms with Crippen LogP contribution >= 0.6 is 0 Å². The number of hydrogen-bond donors (Lipinski definition) is 2. The number of aliphatic carboxylic acids is 1. The van der Waals surface area contributed by atoms with Gasteiger partial charge in [0.1, 0.15) is 0 Å². The van der Waals surface area contributed by atoms with Crippen LogP contribution in [0.15, 0.2) is 18.2 Å². The minimum Gasteiger partial charge on any atom is -0.481 e. The highest BCUT2D eigenvalue weighted by atomic mass is 19.2. The number of carbonyl (C=O) groups excluding carboxylic acids is 1. The summed E-state index contributed by atoms with van der Waals surface area (Å²) < 4.78 is 25.9. The molecule has 0 aliphatic heterocycles. The van der Waals surface area contributed by atoms with Crippen molar-refractivity contribution in [2.75, 3.05) is 0 Å². The first-order chi connectivity index (χ1) is 9.29. The second-order valence-electron chi connectivity index (χ2n) is 4.87. The Labute approximate surface area is 115 Å². The van der Waals surface area contributed by atoms with Crippen LogP contribution in [0.1, 0.15) is 38.3 Å². The topological polar surface area (TPSA) is 66.4 Å². The number of carboxylic acids is 1. The highest BCUT2D eigenvalue weighted by Crippen LogP contribution is 2.16. The van der Waals surface area contributed by atoms with Gasteiger partial charge in [-0.3, -0.25) is 9.59 Å². The Hall–Kier alpha value is -1.98. The predicted octanol–water partition coefficient (Wildman–Crippen LogP) is 2.64. The Morgan fingerprint density at radius 3 is 2.40 bits per heavy atom. The average molecular weight is 285 g/mol. The standard InChI is InChI=1S/C14H17F2NO3/c1-8(6-14(19)20)5-13(18)17-9(2)10-3-4-11(15)12(16)7-10/h3-4,7-9H,5-6H2,1-2H3,(H,17,18)(H,19,20). The van der Waals surface area contributed by atoms with E-state index in [9.17, 15) is 18.4 Å². The van der Waals surface area contributed by atoms with Crippen LogP contribution in [0.3, 0.4) is 0 Å². The second kappa shape index (κ2) is 6.98. The van der Waals surface area contributed by atoms with Crippen molar-refractivity contribution in [3.63, 3.8) is 0 Å². The van der Waals surface area contributed by atoms with Gasteiger partial charge in [-0.1, -0.05) is 13.0 Å². The second-order valence-corrected chi connectivity index (χ2v) is 4.87. The van der Waals surface area contributed by atoms with Gasteiger partial charge >= 0.3 is 5.97 Å². The SMILES string of the molecule is CC(CC(=O)O)CC(=O)NC(C)c1ccc(F)c(F)c1. The van der Waals surface area contributed by atoms with Crippen molar-refractivity contribution in [3.8, 4) is 0 Å². The van der Waals surface area contributed by atoms with Gasteiger partial charge in [0.15, 0.2) is 11.6 Å². The van der Waals surface area contributed by atoms with Gasteiger partial charge in [-0.15, -0.1) is 0 Å². The molecule has 0 radical (unpaired) electrons. The third-order valence-corrected chi connectivity index (χ3v) is 2.88.